The van der Waals surface area contributed by atoms with Crippen LogP contribution >= 0.6 is 15.6 Å². The molecule has 24 heteroatoms. The van der Waals surface area contributed by atoms with E-state index in [4.69, 9.17) is 33.3 Å². The Morgan fingerprint density at radius 3 is 2.44 bits per heavy atom. The van der Waals surface area contributed by atoms with Crippen LogP contribution in [-0.2, 0) is 36.7 Å². The van der Waals surface area contributed by atoms with E-state index in [9.17, 15) is 28.8 Å². The fourth-order valence-corrected chi connectivity index (χ4v) is 6.99. The van der Waals surface area contributed by atoms with E-state index in [0.29, 0.717) is 0 Å². The van der Waals surface area contributed by atoms with Crippen LogP contribution in [0.4, 0.5) is 5.82 Å². The maximum absolute atomic E-state index is 13.1. The maximum atomic E-state index is 13.1. The van der Waals surface area contributed by atoms with Crippen LogP contribution in [0.3, 0.4) is 0 Å². The lowest BCUT2D eigenvalue weighted by Gasteiger charge is -2.25. The minimum absolute atomic E-state index is 0.0364. The van der Waals surface area contributed by atoms with Crippen LogP contribution < -0.4 is 11.3 Å². The molecule has 4 aromatic heterocycles. The van der Waals surface area contributed by atoms with Gasteiger partial charge < -0.3 is 30.1 Å². The number of phosphoric ester groups is 2. The minimum Gasteiger partial charge on any atom is -0.387 e. The number of rotatable bonds is 2. The second-order valence-electron chi connectivity index (χ2n) is 9.71. The number of nitrogens with two attached hydrogens (primary N) is 1. The van der Waals surface area contributed by atoms with Crippen molar-refractivity contribution in [2.75, 3.05) is 18.9 Å². The third-order valence-electron chi connectivity index (χ3n) is 7.07. The zero-order valence-electron chi connectivity index (χ0n) is 21.5. The summed E-state index contributed by atoms with van der Waals surface area (Å²) in [6, 6.07) is 0. The molecule has 3 saturated heterocycles. The number of phosphoric acid groups is 2. The molecule has 2 bridgehead atoms. The van der Waals surface area contributed by atoms with Gasteiger partial charge in [0.1, 0.15) is 48.6 Å². The van der Waals surface area contributed by atoms with Crippen LogP contribution in [0.1, 0.15) is 18.9 Å². The number of aliphatic hydroxyl groups is 1. The van der Waals surface area contributed by atoms with Gasteiger partial charge in [-0.1, -0.05) is 5.21 Å². The lowest BCUT2D eigenvalue weighted by molar-refractivity contribution is -0.0670. The number of ether oxygens (including phenoxy) is 2. The number of anilines is 1. The van der Waals surface area contributed by atoms with Crippen molar-refractivity contribution in [3.8, 4) is 0 Å². The van der Waals surface area contributed by atoms with Crippen molar-refractivity contribution in [2.45, 2.75) is 49.4 Å². The molecular weight excluding hydrogens is 622 g/mol. The summed E-state index contributed by atoms with van der Waals surface area (Å²) in [5, 5.41) is 20.5. The van der Waals surface area contributed by atoms with E-state index >= 15 is 0 Å². The molecular formula is C19H22N10O12P2. The molecule has 4 aromatic rings. The third-order valence-corrected chi connectivity index (χ3v) is 9.07. The molecule has 3 fully saturated rings. The maximum Gasteiger partial charge on any atom is 0.472 e. The highest BCUT2D eigenvalue weighted by molar-refractivity contribution is 7.47. The van der Waals surface area contributed by atoms with Crippen molar-refractivity contribution >= 4 is 43.8 Å². The van der Waals surface area contributed by atoms with Gasteiger partial charge in [-0.3, -0.25) is 32.0 Å². The van der Waals surface area contributed by atoms with Crippen LogP contribution in [0.15, 0.2) is 23.8 Å². The molecule has 0 radical (unpaired) electrons. The first kappa shape index (κ1) is 28.5. The molecule has 0 saturated carbocycles. The van der Waals surface area contributed by atoms with E-state index in [2.05, 4.69) is 35.3 Å². The van der Waals surface area contributed by atoms with Gasteiger partial charge in [0.15, 0.2) is 28.9 Å². The van der Waals surface area contributed by atoms with Gasteiger partial charge in [-0.15, -0.1) is 5.10 Å². The lowest BCUT2D eigenvalue weighted by atomic mass is 10.1. The van der Waals surface area contributed by atoms with Crippen LogP contribution in [0.25, 0.3) is 22.3 Å². The molecule has 43 heavy (non-hydrogen) atoms. The summed E-state index contributed by atoms with van der Waals surface area (Å²) in [6.07, 6.45) is -5.83. The van der Waals surface area contributed by atoms with E-state index in [1.165, 1.54) is 21.8 Å². The van der Waals surface area contributed by atoms with E-state index in [1.54, 1.807) is 0 Å². The molecule has 0 spiro atoms. The van der Waals surface area contributed by atoms with Crippen LogP contribution in [-0.4, -0.2) is 103 Å². The normalized spacial score (nSPS) is 37.1. The zero-order chi connectivity index (χ0) is 30.1. The molecule has 3 aliphatic rings. The van der Waals surface area contributed by atoms with Gasteiger partial charge in [0.25, 0.3) is 5.56 Å². The van der Waals surface area contributed by atoms with Crippen LogP contribution in [0, 0.1) is 0 Å². The van der Waals surface area contributed by atoms with E-state index in [1.807, 2.05) is 0 Å². The first-order valence-electron chi connectivity index (χ1n) is 12.5. The lowest BCUT2D eigenvalue weighted by Crippen LogP contribution is -2.35. The SMILES string of the molecule is Nc1ncnc2c1ncn2[C@@H]1O[C@@H]2COP(=O)(O)O[C@H]3C[C@H](n4cnc5c(=O)[nH]nnc54)O[C@@H]3COP(=O)(O)O[C@@H]1[C@@H]2O. The van der Waals surface area contributed by atoms with E-state index in [-0.39, 0.29) is 34.6 Å². The molecule has 9 atom stereocenters. The summed E-state index contributed by atoms with van der Waals surface area (Å²) < 4.78 is 61.6. The van der Waals surface area contributed by atoms with Gasteiger partial charge >= 0.3 is 15.6 Å². The van der Waals surface area contributed by atoms with Gasteiger partial charge in [-0.05, 0) is 0 Å². The van der Waals surface area contributed by atoms with E-state index in [0.717, 1.165) is 6.33 Å². The topological polar surface area (TPSA) is 296 Å². The second kappa shape index (κ2) is 10.4. The summed E-state index contributed by atoms with van der Waals surface area (Å²) >= 11 is 0. The Bertz CT molecular complexity index is 1850. The molecule has 6 N–H and O–H groups in total. The smallest absolute Gasteiger partial charge is 0.387 e. The molecule has 2 unspecified atom stereocenters. The Hall–Kier alpha value is -3.27. The van der Waals surface area contributed by atoms with E-state index < -0.39 is 77.4 Å². The Balaban J connectivity index is 1.18. The average molecular weight is 644 g/mol. The van der Waals surface area contributed by atoms with Crippen LogP contribution in [0.5, 0.6) is 0 Å². The fraction of sp³-hybridized carbons (Fsp3) is 0.526. The number of hydrogen-bond donors (Lipinski definition) is 5. The molecule has 7 rings (SSSR count). The number of imidazole rings is 2. The first-order valence-corrected chi connectivity index (χ1v) is 15.5. The van der Waals surface area contributed by atoms with Gasteiger partial charge in [-0.2, -0.15) is 0 Å². The minimum atomic E-state index is -4.98. The van der Waals surface area contributed by atoms with Crippen molar-refractivity contribution in [3.05, 3.63) is 29.3 Å². The predicted molar refractivity (Wildman–Crippen MR) is 135 cm³/mol. The molecule has 7 heterocycles. The number of nitrogens with one attached hydrogen (secondary N) is 1. The molecule has 0 amide bonds. The number of hydrogen-bond acceptors (Lipinski definition) is 17. The quantitative estimate of drug-likeness (QED) is 0.155. The summed E-state index contributed by atoms with van der Waals surface area (Å²) in [5.74, 6) is 0.0447. The van der Waals surface area contributed by atoms with Crippen LogP contribution in [0.2, 0.25) is 0 Å². The molecule has 0 aromatic carbocycles. The van der Waals surface area contributed by atoms with Gasteiger partial charge in [0.05, 0.1) is 25.9 Å². The Kier molecular flexibility index (Phi) is 6.91. The number of aromatic nitrogens is 9. The molecule has 3 aliphatic heterocycles. The first-order chi connectivity index (χ1) is 20.5. The summed E-state index contributed by atoms with van der Waals surface area (Å²) in [6.45, 7) is -1.37. The highest BCUT2D eigenvalue weighted by Gasteiger charge is 2.52. The number of aromatic amines is 1. The standard InChI is InChI=1S/C19H22N10O12P2/c20-15-11-16(22-4-21-15)29(6-23-11)19-14-13(30)9(39-19)3-37-42(32,33)40-7-1-10(38-8(7)2-36-43(34,35)41-14)28-5-24-12-17(28)25-27-26-18(12)31/h4-10,13-14,19,30H,1-3H2,(H,32,33)(H,34,35)(H2,20,21,22)(H,25,26,31)/t7-,8+,9+,10+,13+,14+,19+/m0/s1. The van der Waals surface area contributed by atoms with Crippen molar-refractivity contribution in [3.63, 3.8) is 0 Å². The highest BCUT2D eigenvalue weighted by Crippen LogP contribution is 2.53. The predicted octanol–water partition coefficient (Wildman–Crippen LogP) is -1.50. The second-order valence-corrected chi connectivity index (χ2v) is 12.5. The Labute approximate surface area is 237 Å². The monoisotopic (exact) mass is 644 g/mol. The Morgan fingerprint density at radius 2 is 1.63 bits per heavy atom. The molecule has 230 valence electrons. The van der Waals surface area contributed by atoms with Gasteiger partial charge in [-0.25, -0.2) is 34.2 Å². The number of fused-ring (bicyclic) bond motifs is 5. The van der Waals surface area contributed by atoms with Crippen molar-refractivity contribution in [2.24, 2.45) is 0 Å². The number of nitrogens with zero attached hydrogens (tertiary/aromatic N) is 8. The van der Waals surface area contributed by atoms with Gasteiger partial charge in [0, 0.05) is 6.42 Å². The van der Waals surface area contributed by atoms with Gasteiger partial charge in [0.2, 0.25) is 0 Å². The summed E-state index contributed by atoms with van der Waals surface area (Å²) in [4.78, 5) is 49.3. The summed E-state index contributed by atoms with van der Waals surface area (Å²) in [7, 11) is -9.84. The largest absolute Gasteiger partial charge is 0.472 e. The summed E-state index contributed by atoms with van der Waals surface area (Å²) in [5.41, 5.74) is 5.60. The molecule has 22 nitrogen and oxygen atoms in total. The highest BCUT2D eigenvalue weighted by atomic mass is 31.2. The zero-order valence-corrected chi connectivity index (χ0v) is 23.2. The number of aliphatic hydroxyl groups excluding tert-OH is 1. The van der Waals surface area contributed by atoms with Crippen molar-refractivity contribution in [1.82, 2.24) is 44.5 Å². The molecule has 0 aliphatic carbocycles. The number of H-pyrrole nitrogens is 1. The fourth-order valence-electron chi connectivity index (χ4n) is 5.10. The van der Waals surface area contributed by atoms with Crippen molar-refractivity contribution < 1.29 is 51.6 Å². The average Bonchev–Trinajstić information content (AvgIpc) is 3.72. The number of nitrogen functional groups attached to an aromatic ring is 1. The third kappa shape index (κ3) is 5.15. The Morgan fingerprint density at radius 1 is 0.907 bits per heavy atom. The van der Waals surface area contributed by atoms with Crippen molar-refractivity contribution in [1.29, 1.82) is 0 Å².